The van der Waals surface area contributed by atoms with Gasteiger partial charge in [-0.25, -0.2) is 8.42 Å². The zero-order valence-electron chi connectivity index (χ0n) is 13.8. The van der Waals surface area contributed by atoms with Gasteiger partial charge in [-0.2, -0.15) is 9.57 Å². The van der Waals surface area contributed by atoms with Crippen LogP contribution >= 0.6 is 0 Å². The molecule has 2 aromatic rings. The van der Waals surface area contributed by atoms with Crippen LogP contribution in [0.25, 0.3) is 0 Å². The van der Waals surface area contributed by atoms with E-state index >= 15 is 0 Å². The highest BCUT2D eigenvalue weighted by Gasteiger charge is 2.29. The van der Waals surface area contributed by atoms with Crippen LogP contribution < -0.4 is 9.47 Å². The largest absolute Gasteiger partial charge is 0.486 e. The molecule has 0 fully saturated rings. The zero-order chi connectivity index (χ0) is 17.9. The van der Waals surface area contributed by atoms with E-state index in [4.69, 9.17) is 14.7 Å². The van der Waals surface area contributed by atoms with Gasteiger partial charge < -0.3 is 9.47 Å². The Morgan fingerprint density at radius 3 is 2.48 bits per heavy atom. The van der Waals surface area contributed by atoms with Gasteiger partial charge in [0.25, 0.3) is 0 Å². The van der Waals surface area contributed by atoms with Crippen LogP contribution in [0.5, 0.6) is 11.5 Å². The van der Waals surface area contributed by atoms with E-state index in [0.717, 1.165) is 0 Å². The molecule has 1 aliphatic heterocycles. The Kier molecular flexibility index (Phi) is 4.93. The minimum Gasteiger partial charge on any atom is -0.486 e. The SMILES string of the molecule is CCN(CC1COc2ccccc2O1)S(=O)(=O)c1ccc(C#N)cc1. The maximum absolute atomic E-state index is 12.8. The fraction of sp³-hybridized carbons (Fsp3) is 0.278. The van der Waals surface area contributed by atoms with Crippen LogP contribution in [0.2, 0.25) is 0 Å². The van der Waals surface area contributed by atoms with Crippen LogP contribution in [0.15, 0.2) is 53.4 Å². The van der Waals surface area contributed by atoms with Crippen molar-refractivity contribution < 1.29 is 17.9 Å². The number of likely N-dealkylation sites (N-methyl/N-ethyl adjacent to an activating group) is 1. The van der Waals surface area contributed by atoms with E-state index < -0.39 is 10.0 Å². The highest BCUT2D eigenvalue weighted by molar-refractivity contribution is 7.89. The third-order valence-corrected chi connectivity index (χ3v) is 5.90. The first-order valence-electron chi connectivity index (χ1n) is 7.93. The second-order valence-electron chi connectivity index (χ2n) is 5.59. The van der Waals surface area contributed by atoms with Gasteiger partial charge in [-0.1, -0.05) is 19.1 Å². The van der Waals surface area contributed by atoms with E-state index in [1.165, 1.54) is 28.6 Å². The molecule has 0 amide bonds. The van der Waals surface area contributed by atoms with Crippen molar-refractivity contribution in [3.63, 3.8) is 0 Å². The third kappa shape index (κ3) is 3.60. The molecule has 0 aliphatic carbocycles. The summed E-state index contributed by atoms with van der Waals surface area (Å²) in [6.07, 6.45) is -0.386. The molecule has 0 saturated carbocycles. The summed E-state index contributed by atoms with van der Waals surface area (Å²) in [7, 11) is -3.66. The summed E-state index contributed by atoms with van der Waals surface area (Å²) >= 11 is 0. The molecule has 6 nitrogen and oxygen atoms in total. The molecule has 1 atom stereocenters. The van der Waals surface area contributed by atoms with Crippen molar-refractivity contribution in [2.75, 3.05) is 19.7 Å². The number of ether oxygens (including phenoxy) is 2. The molecule has 0 saturated heterocycles. The maximum Gasteiger partial charge on any atom is 0.243 e. The second kappa shape index (κ2) is 7.13. The van der Waals surface area contributed by atoms with Gasteiger partial charge in [0.15, 0.2) is 11.5 Å². The number of rotatable bonds is 5. The molecular formula is C18H18N2O4S. The summed E-state index contributed by atoms with van der Waals surface area (Å²) in [6, 6.07) is 15.2. The van der Waals surface area contributed by atoms with Crippen LogP contribution in [-0.2, 0) is 10.0 Å². The molecule has 0 N–H and O–H groups in total. The van der Waals surface area contributed by atoms with Gasteiger partial charge in [-0.05, 0) is 36.4 Å². The highest BCUT2D eigenvalue weighted by atomic mass is 32.2. The van der Waals surface area contributed by atoms with Crippen molar-refractivity contribution in [2.24, 2.45) is 0 Å². The van der Waals surface area contributed by atoms with Crippen molar-refractivity contribution in [3.8, 4) is 17.6 Å². The number of nitriles is 1. The number of fused-ring (bicyclic) bond motifs is 1. The lowest BCUT2D eigenvalue weighted by Gasteiger charge is -2.30. The van der Waals surface area contributed by atoms with Gasteiger partial charge in [0.2, 0.25) is 10.0 Å². The van der Waals surface area contributed by atoms with E-state index in [-0.39, 0.29) is 24.2 Å². The average molecular weight is 358 g/mol. The van der Waals surface area contributed by atoms with Gasteiger partial charge >= 0.3 is 0 Å². The first kappa shape index (κ1) is 17.3. The summed E-state index contributed by atoms with van der Waals surface area (Å²) in [6.45, 7) is 2.56. The topological polar surface area (TPSA) is 79.6 Å². The van der Waals surface area contributed by atoms with Gasteiger partial charge in [-0.3, -0.25) is 0 Å². The third-order valence-electron chi connectivity index (χ3n) is 3.95. The van der Waals surface area contributed by atoms with Crippen LogP contribution in [0, 0.1) is 11.3 Å². The maximum atomic E-state index is 12.8. The lowest BCUT2D eigenvalue weighted by Crippen LogP contribution is -2.43. The predicted molar refractivity (Wildman–Crippen MR) is 91.9 cm³/mol. The van der Waals surface area contributed by atoms with Crippen LogP contribution in [-0.4, -0.2) is 38.5 Å². The van der Waals surface area contributed by atoms with Crippen molar-refractivity contribution in [3.05, 3.63) is 54.1 Å². The molecule has 0 aromatic heterocycles. The van der Waals surface area contributed by atoms with E-state index in [0.29, 0.717) is 23.6 Å². The summed E-state index contributed by atoms with van der Waals surface area (Å²) in [4.78, 5) is 0.158. The Morgan fingerprint density at radius 1 is 1.16 bits per heavy atom. The Hall–Kier alpha value is -2.56. The van der Waals surface area contributed by atoms with Gasteiger partial charge in [0.05, 0.1) is 23.1 Å². The lowest BCUT2D eigenvalue weighted by atomic mass is 10.2. The molecule has 0 spiro atoms. The summed E-state index contributed by atoms with van der Waals surface area (Å²) in [5.74, 6) is 1.28. The van der Waals surface area contributed by atoms with Gasteiger partial charge in [0, 0.05) is 6.54 Å². The molecule has 7 heteroatoms. The van der Waals surface area contributed by atoms with Crippen LogP contribution in [0.1, 0.15) is 12.5 Å². The Bertz CT molecular complexity index is 888. The van der Waals surface area contributed by atoms with Crippen molar-refractivity contribution in [1.29, 1.82) is 5.26 Å². The number of benzene rings is 2. The molecule has 25 heavy (non-hydrogen) atoms. The Morgan fingerprint density at radius 2 is 1.84 bits per heavy atom. The molecule has 2 aromatic carbocycles. The highest BCUT2D eigenvalue weighted by Crippen LogP contribution is 2.31. The fourth-order valence-corrected chi connectivity index (χ4v) is 4.11. The first-order chi connectivity index (χ1) is 12.0. The minimum absolute atomic E-state index is 0.158. The number of nitrogens with zero attached hydrogens (tertiary/aromatic N) is 2. The average Bonchev–Trinajstić information content (AvgIpc) is 2.65. The molecule has 0 bridgehead atoms. The first-order valence-corrected chi connectivity index (χ1v) is 9.37. The Labute approximate surface area is 147 Å². The van der Waals surface area contributed by atoms with Crippen molar-refractivity contribution >= 4 is 10.0 Å². The van der Waals surface area contributed by atoms with E-state index in [1.54, 1.807) is 13.0 Å². The number of hydrogen-bond donors (Lipinski definition) is 0. The quantitative estimate of drug-likeness (QED) is 0.820. The second-order valence-corrected chi connectivity index (χ2v) is 7.53. The molecule has 1 unspecified atom stereocenters. The molecule has 1 heterocycles. The minimum atomic E-state index is -3.66. The van der Waals surface area contributed by atoms with Crippen molar-refractivity contribution in [1.82, 2.24) is 4.31 Å². The Balaban J connectivity index is 1.77. The molecule has 3 rings (SSSR count). The van der Waals surface area contributed by atoms with Crippen molar-refractivity contribution in [2.45, 2.75) is 17.9 Å². The normalized spacial score (nSPS) is 16.4. The molecule has 0 radical (unpaired) electrons. The number of sulfonamides is 1. The molecule has 1 aliphatic rings. The molecule has 130 valence electrons. The van der Waals surface area contributed by atoms with Gasteiger partial charge in [-0.15, -0.1) is 0 Å². The van der Waals surface area contributed by atoms with E-state index in [9.17, 15) is 8.42 Å². The molecular weight excluding hydrogens is 340 g/mol. The van der Waals surface area contributed by atoms with E-state index in [1.807, 2.05) is 24.3 Å². The summed E-state index contributed by atoms with van der Waals surface area (Å²) < 4.78 is 38.5. The fourth-order valence-electron chi connectivity index (χ4n) is 2.63. The predicted octanol–water partition coefficient (Wildman–Crippen LogP) is 2.41. The lowest BCUT2D eigenvalue weighted by molar-refractivity contribution is 0.0771. The van der Waals surface area contributed by atoms with Gasteiger partial charge in [0.1, 0.15) is 12.7 Å². The number of hydrogen-bond acceptors (Lipinski definition) is 5. The smallest absolute Gasteiger partial charge is 0.243 e. The summed E-state index contributed by atoms with van der Waals surface area (Å²) in [5.41, 5.74) is 0.419. The van der Waals surface area contributed by atoms with E-state index in [2.05, 4.69) is 0 Å². The number of para-hydroxylation sites is 2. The summed E-state index contributed by atoms with van der Waals surface area (Å²) in [5, 5.41) is 8.84. The monoisotopic (exact) mass is 358 g/mol. The standard InChI is InChI=1S/C18H18N2O4S/c1-2-20(25(21,22)16-9-7-14(11-19)8-10-16)12-15-13-23-17-5-3-4-6-18(17)24-15/h3-10,15H,2,12-13H2,1H3. The van der Waals surface area contributed by atoms with Crippen LogP contribution in [0.3, 0.4) is 0 Å². The zero-order valence-corrected chi connectivity index (χ0v) is 14.6. The van der Waals surface area contributed by atoms with Crippen LogP contribution in [0.4, 0.5) is 0 Å².